The number of nitrogens with two attached hydrogens (primary N) is 1. The number of alkyl halides is 3. The van der Waals surface area contributed by atoms with Crippen LogP contribution in [0.15, 0.2) is 24.3 Å². The number of hydrogen-bond acceptors (Lipinski definition) is 6. The average molecular weight is 408 g/mol. The summed E-state index contributed by atoms with van der Waals surface area (Å²) in [4.78, 5) is 11.3. The topological polar surface area (TPSA) is 79.1 Å². The molecule has 1 fully saturated rings. The van der Waals surface area contributed by atoms with Gasteiger partial charge in [-0.05, 0) is 44.5 Å². The number of halogens is 3. The maximum absolute atomic E-state index is 13.1. The molecule has 3 rings (SSSR count). The predicted molar refractivity (Wildman–Crippen MR) is 109 cm³/mol. The van der Waals surface area contributed by atoms with Gasteiger partial charge in [0, 0.05) is 42.3 Å². The van der Waals surface area contributed by atoms with Gasteiger partial charge in [0.05, 0.1) is 5.56 Å². The van der Waals surface area contributed by atoms with E-state index >= 15 is 0 Å². The lowest BCUT2D eigenvalue weighted by molar-refractivity contribution is -0.137. The molecule has 0 saturated carbocycles. The largest absolute Gasteiger partial charge is 0.416 e. The number of hydrogen-bond donors (Lipinski definition) is 3. The Kier molecular flexibility index (Phi) is 6.46. The third-order valence-corrected chi connectivity index (χ3v) is 4.96. The first kappa shape index (κ1) is 21.2. The molecule has 2 aromatic rings. The maximum Gasteiger partial charge on any atom is 0.416 e. The van der Waals surface area contributed by atoms with Crippen LogP contribution >= 0.6 is 0 Å². The first-order valence-corrected chi connectivity index (χ1v) is 9.83. The summed E-state index contributed by atoms with van der Waals surface area (Å²) in [5.41, 5.74) is 5.95. The van der Waals surface area contributed by atoms with Crippen molar-refractivity contribution in [1.29, 1.82) is 0 Å². The number of piperidine rings is 1. The van der Waals surface area contributed by atoms with Crippen LogP contribution in [-0.4, -0.2) is 36.1 Å². The van der Waals surface area contributed by atoms with Gasteiger partial charge in [0.1, 0.15) is 5.82 Å². The lowest BCUT2D eigenvalue weighted by Crippen LogP contribution is -2.44. The lowest BCUT2D eigenvalue weighted by Gasteiger charge is -2.33. The third-order valence-electron chi connectivity index (χ3n) is 4.96. The summed E-state index contributed by atoms with van der Waals surface area (Å²) in [7, 11) is 1.95. The number of aromatic nitrogens is 2. The second-order valence-electron chi connectivity index (χ2n) is 7.33. The molecule has 158 valence electrons. The molecule has 1 atom stereocenters. The zero-order valence-corrected chi connectivity index (χ0v) is 16.7. The first-order chi connectivity index (χ1) is 13.8. The second kappa shape index (κ2) is 8.86. The van der Waals surface area contributed by atoms with Crippen molar-refractivity contribution in [2.45, 2.75) is 44.8 Å². The summed E-state index contributed by atoms with van der Waals surface area (Å²) >= 11 is 0. The minimum atomic E-state index is -4.47. The molecule has 0 bridgehead atoms. The van der Waals surface area contributed by atoms with E-state index in [-0.39, 0.29) is 17.3 Å². The van der Waals surface area contributed by atoms with Crippen LogP contribution in [0, 0.1) is 0 Å². The van der Waals surface area contributed by atoms with E-state index in [2.05, 4.69) is 32.4 Å². The monoisotopic (exact) mass is 408 g/mol. The normalized spacial score (nSPS) is 17.4. The van der Waals surface area contributed by atoms with E-state index in [1.165, 1.54) is 6.07 Å². The highest BCUT2D eigenvalue weighted by atomic mass is 19.4. The first-order valence-electron chi connectivity index (χ1n) is 9.83. The number of anilines is 4. The number of rotatable bonds is 6. The number of nitrogens with zero attached hydrogens (tertiary/aromatic N) is 3. The van der Waals surface area contributed by atoms with Gasteiger partial charge in [0.2, 0.25) is 5.95 Å². The number of aryl methyl sites for hydroxylation is 1. The molecule has 29 heavy (non-hydrogen) atoms. The predicted octanol–water partition coefficient (Wildman–Crippen LogP) is 3.96. The maximum atomic E-state index is 13.1. The van der Waals surface area contributed by atoms with Crippen LogP contribution < -0.4 is 21.3 Å². The van der Waals surface area contributed by atoms with Gasteiger partial charge in [0.15, 0.2) is 0 Å². The molecule has 1 unspecified atom stereocenters. The minimum Gasteiger partial charge on any atom is -0.399 e. The van der Waals surface area contributed by atoms with Crippen LogP contribution in [0.4, 0.5) is 36.3 Å². The Bertz CT molecular complexity index is 839. The fourth-order valence-electron chi connectivity index (χ4n) is 3.52. The van der Waals surface area contributed by atoms with Gasteiger partial charge in [-0.3, -0.25) is 0 Å². The van der Waals surface area contributed by atoms with Crippen LogP contribution in [-0.2, 0) is 12.6 Å². The van der Waals surface area contributed by atoms with E-state index in [0.717, 1.165) is 62.4 Å². The van der Waals surface area contributed by atoms with Crippen molar-refractivity contribution in [3.05, 3.63) is 35.5 Å². The Hall–Kier alpha value is -2.55. The lowest BCUT2D eigenvalue weighted by atomic mass is 10.1. The molecule has 6 nitrogen and oxygen atoms in total. The van der Waals surface area contributed by atoms with Crippen LogP contribution in [0.3, 0.4) is 0 Å². The standard InChI is InChI=1S/C20H27F3N6/c1-3-5-15-11-18(29-7-4-6-16(12-29)25-2)28-19(26-15)27-17-9-13(20(21,22)23)8-14(24)10-17/h8-11,16,25H,3-7,12,24H2,1-2H3,(H,26,27,28). The van der Waals surface area contributed by atoms with Crippen molar-refractivity contribution < 1.29 is 13.2 Å². The summed E-state index contributed by atoms with van der Waals surface area (Å²) in [6.45, 7) is 3.77. The van der Waals surface area contributed by atoms with Crippen LogP contribution in [0.1, 0.15) is 37.4 Å². The molecular weight excluding hydrogens is 381 g/mol. The SMILES string of the molecule is CCCc1cc(N2CCCC(NC)C2)nc(Nc2cc(N)cc(C(F)(F)F)c2)n1. The van der Waals surface area contributed by atoms with Crippen LogP contribution in [0.25, 0.3) is 0 Å². The second-order valence-corrected chi connectivity index (χ2v) is 7.33. The highest BCUT2D eigenvalue weighted by Gasteiger charge is 2.31. The van der Waals surface area contributed by atoms with Gasteiger partial charge in [0.25, 0.3) is 0 Å². The fourth-order valence-corrected chi connectivity index (χ4v) is 3.52. The van der Waals surface area contributed by atoms with E-state index in [1.807, 2.05) is 13.1 Å². The summed E-state index contributed by atoms with van der Waals surface area (Å²) in [5.74, 6) is 1.06. The molecule has 2 heterocycles. The molecule has 1 aliphatic heterocycles. The van der Waals surface area contributed by atoms with Crippen LogP contribution in [0.2, 0.25) is 0 Å². The van der Waals surface area contributed by atoms with E-state index < -0.39 is 11.7 Å². The highest BCUT2D eigenvalue weighted by Crippen LogP contribution is 2.33. The highest BCUT2D eigenvalue weighted by molar-refractivity contribution is 5.63. The number of likely N-dealkylation sites (N-methyl/N-ethyl adjacent to an activating group) is 1. The fraction of sp³-hybridized carbons (Fsp3) is 0.500. The summed E-state index contributed by atoms with van der Waals surface area (Å²) in [5, 5.41) is 6.22. The Balaban J connectivity index is 1.91. The van der Waals surface area contributed by atoms with E-state index in [9.17, 15) is 13.2 Å². The van der Waals surface area contributed by atoms with Gasteiger partial charge in [-0.25, -0.2) is 4.98 Å². The molecule has 0 spiro atoms. The Morgan fingerprint density at radius 3 is 2.69 bits per heavy atom. The van der Waals surface area contributed by atoms with Crippen molar-refractivity contribution >= 4 is 23.1 Å². The molecule has 0 amide bonds. The van der Waals surface area contributed by atoms with Gasteiger partial charge in [-0.1, -0.05) is 13.3 Å². The molecule has 1 saturated heterocycles. The zero-order chi connectivity index (χ0) is 21.0. The van der Waals surface area contributed by atoms with Crippen molar-refractivity contribution in [2.75, 3.05) is 36.1 Å². The van der Waals surface area contributed by atoms with Crippen molar-refractivity contribution in [1.82, 2.24) is 15.3 Å². The van der Waals surface area contributed by atoms with Gasteiger partial charge in [-0.15, -0.1) is 0 Å². The Morgan fingerprint density at radius 2 is 2.00 bits per heavy atom. The number of nitrogen functional groups attached to an aromatic ring is 1. The van der Waals surface area contributed by atoms with Gasteiger partial charge in [-0.2, -0.15) is 18.2 Å². The van der Waals surface area contributed by atoms with Gasteiger partial charge >= 0.3 is 6.18 Å². The average Bonchev–Trinajstić information content (AvgIpc) is 2.67. The third kappa shape index (κ3) is 5.50. The zero-order valence-electron chi connectivity index (χ0n) is 16.7. The Labute approximate surface area is 168 Å². The van der Waals surface area contributed by atoms with Crippen LogP contribution in [0.5, 0.6) is 0 Å². The molecule has 0 aliphatic carbocycles. The summed E-state index contributed by atoms with van der Waals surface area (Å²) < 4.78 is 39.3. The van der Waals surface area contributed by atoms with E-state index in [1.54, 1.807) is 0 Å². The van der Waals surface area contributed by atoms with Crippen molar-refractivity contribution in [2.24, 2.45) is 0 Å². The van der Waals surface area contributed by atoms with E-state index in [4.69, 9.17) is 5.73 Å². The number of benzene rings is 1. The molecule has 1 aromatic heterocycles. The summed E-state index contributed by atoms with van der Waals surface area (Å²) in [6.07, 6.45) is -0.651. The van der Waals surface area contributed by atoms with E-state index in [0.29, 0.717) is 6.04 Å². The molecule has 1 aromatic carbocycles. The number of nitrogens with one attached hydrogen (secondary N) is 2. The Morgan fingerprint density at radius 1 is 1.21 bits per heavy atom. The van der Waals surface area contributed by atoms with Crippen molar-refractivity contribution in [3.63, 3.8) is 0 Å². The quantitative estimate of drug-likeness (QED) is 0.628. The molecule has 4 N–H and O–H groups in total. The van der Waals surface area contributed by atoms with Crippen molar-refractivity contribution in [3.8, 4) is 0 Å². The molecule has 9 heteroatoms. The minimum absolute atomic E-state index is 0.0279. The molecular formula is C20H27F3N6. The molecule has 0 radical (unpaired) electrons. The summed E-state index contributed by atoms with van der Waals surface area (Å²) in [6, 6.07) is 5.73. The smallest absolute Gasteiger partial charge is 0.399 e. The molecule has 1 aliphatic rings. The van der Waals surface area contributed by atoms with Gasteiger partial charge < -0.3 is 21.3 Å².